The fourth-order valence-corrected chi connectivity index (χ4v) is 1.24. The summed E-state index contributed by atoms with van der Waals surface area (Å²) in [6.07, 6.45) is 0. The Morgan fingerprint density at radius 2 is 2.07 bits per heavy atom. The van der Waals surface area contributed by atoms with E-state index in [9.17, 15) is 5.11 Å². The molecular weight excluding hydrogens is 178 g/mol. The molecule has 0 saturated carbocycles. The van der Waals surface area contributed by atoms with E-state index >= 15 is 0 Å². The highest BCUT2D eigenvalue weighted by Gasteiger charge is 2.29. The summed E-state index contributed by atoms with van der Waals surface area (Å²) in [5.74, 6) is 1.64. The summed E-state index contributed by atoms with van der Waals surface area (Å²) in [7, 11) is 0. The quantitative estimate of drug-likeness (QED) is 0.778. The smallest absolute Gasteiger partial charge is 0.121 e. The van der Waals surface area contributed by atoms with Gasteiger partial charge in [-0.25, -0.2) is 0 Å². The van der Waals surface area contributed by atoms with Gasteiger partial charge in [0.1, 0.15) is 11.5 Å². The Balaban J connectivity index is 2.94. The predicted molar refractivity (Wildman–Crippen MR) is 56.0 cm³/mol. The summed E-state index contributed by atoms with van der Waals surface area (Å²) >= 11 is 0. The van der Waals surface area contributed by atoms with Crippen LogP contribution in [0.5, 0.6) is 0 Å². The highest BCUT2D eigenvalue weighted by Crippen LogP contribution is 2.32. The van der Waals surface area contributed by atoms with Crippen LogP contribution in [0, 0.1) is 19.3 Å². The van der Waals surface area contributed by atoms with Crippen molar-refractivity contribution >= 4 is 0 Å². The van der Waals surface area contributed by atoms with Gasteiger partial charge < -0.3 is 15.3 Å². The lowest BCUT2D eigenvalue weighted by molar-refractivity contribution is 0.122. The topological polar surface area (TPSA) is 59.4 Å². The van der Waals surface area contributed by atoms with Crippen molar-refractivity contribution in [3.05, 3.63) is 23.2 Å². The molecule has 80 valence electrons. The Kier molecular flexibility index (Phi) is 3.02. The molecule has 0 amide bonds. The van der Waals surface area contributed by atoms with Gasteiger partial charge in [-0.05, 0) is 25.5 Å². The average molecular weight is 197 g/mol. The molecule has 1 aromatic heterocycles. The maximum atomic E-state index is 9.18. The number of hydrogen-bond acceptors (Lipinski definition) is 3. The van der Waals surface area contributed by atoms with E-state index in [0.717, 1.165) is 17.1 Å². The van der Waals surface area contributed by atoms with Crippen LogP contribution < -0.4 is 5.73 Å². The van der Waals surface area contributed by atoms with Gasteiger partial charge in [-0.15, -0.1) is 0 Å². The summed E-state index contributed by atoms with van der Waals surface area (Å²) in [6.45, 7) is 7.79. The van der Waals surface area contributed by atoms with E-state index in [-0.39, 0.29) is 18.1 Å². The summed E-state index contributed by atoms with van der Waals surface area (Å²) in [5, 5.41) is 9.18. The minimum Gasteiger partial charge on any atom is -0.464 e. The van der Waals surface area contributed by atoms with Crippen molar-refractivity contribution in [1.29, 1.82) is 0 Å². The minimum absolute atomic E-state index is 0.0486. The molecule has 3 nitrogen and oxygen atoms in total. The van der Waals surface area contributed by atoms with Gasteiger partial charge in [-0.2, -0.15) is 0 Å². The van der Waals surface area contributed by atoms with E-state index in [0.29, 0.717) is 0 Å². The van der Waals surface area contributed by atoms with Gasteiger partial charge >= 0.3 is 0 Å². The van der Waals surface area contributed by atoms with Gasteiger partial charge in [0.25, 0.3) is 0 Å². The fraction of sp³-hybridized carbons (Fsp3) is 0.636. The van der Waals surface area contributed by atoms with Crippen molar-refractivity contribution in [3.8, 4) is 0 Å². The molecule has 14 heavy (non-hydrogen) atoms. The molecule has 0 saturated heterocycles. The first-order chi connectivity index (χ1) is 6.38. The van der Waals surface area contributed by atoms with Crippen LogP contribution in [0.25, 0.3) is 0 Å². The van der Waals surface area contributed by atoms with Gasteiger partial charge in [0.05, 0.1) is 12.6 Å². The zero-order valence-electron chi connectivity index (χ0n) is 9.29. The van der Waals surface area contributed by atoms with Crippen molar-refractivity contribution in [2.45, 2.75) is 33.7 Å². The molecule has 0 radical (unpaired) electrons. The molecule has 0 fully saturated rings. The molecular formula is C11H19NO2. The van der Waals surface area contributed by atoms with Crippen molar-refractivity contribution in [2.24, 2.45) is 11.1 Å². The fourth-order valence-electron chi connectivity index (χ4n) is 1.24. The zero-order chi connectivity index (χ0) is 10.9. The lowest BCUT2D eigenvalue weighted by atomic mass is 9.84. The van der Waals surface area contributed by atoms with Crippen LogP contribution in [0.15, 0.2) is 10.5 Å². The lowest BCUT2D eigenvalue weighted by Gasteiger charge is -2.27. The first-order valence-electron chi connectivity index (χ1n) is 4.82. The lowest BCUT2D eigenvalue weighted by Crippen LogP contribution is -2.32. The largest absolute Gasteiger partial charge is 0.464 e. The second-order valence-corrected chi connectivity index (χ2v) is 4.51. The van der Waals surface area contributed by atoms with Crippen LogP contribution in [-0.4, -0.2) is 11.7 Å². The molecule has 0 aliphatic carbocycles. The van der Waals surface area contributed by atoms with Crippen LogP contribution in [0.1, 0.15) is 37.0 Å². The number of rotatable bonds is 3. The second kappa shape index (κ2) is 3.75. The molecule has 1 heterocycles. The molecule has 3 heteroatoms. The summed E-state index contributed by atoms with van der Waals surface area (Å²) in [5.41, 5.74) is 6.76. The molecule has 3 N–H and O–H groups in total. The molecule has 1 aromatic rings. The highest BCUT2D eigenvalue weighted by atomic mass is 16.3. The molecule has 0 bridgehead atoms. The third-order valence-corrected chi connectivity index (χ3v) is 2.74. The van der Waals surface area contributed by atoms with Crippen LogP contribution in [-0.2, 0) is 0 Å². The second-order valence-electron chi connectivity index (χ2n) is 4.51. The van der Waals surface area contributed by atoms with Crippen molar-refractivity contribution < 1.29 is 9.52 Å². The van der Waals surface area contributed by atoms with Crippen LogP contribution in [0.3, 0.4) is 0 Å². The average Bonchev–Trinajstić information content (AvgIpc) is 2.45. The number of hydrogen-bond donors (Lipinski definition) is 2. The van der Waals surface area contributed by atoms with Crippen molar-refractivity contribution in [2.75, 3.05) is 6.61 Å². The maximum absolute atomic E-state index is 9.18. The van der Waals surface area contributed by atoms with E-state index in [1.54, 1.807) is 0 Å². The molecule has 0 aliphatic rings. The van der Waals surface area contributed by atoms with Gasteiger partial charge in [0, 0.05) is 5.41 Å². The Labute approximate surface area is 84.9 Å². The van der Waals surface area contributed by atoms with Crippen molar-refractivity contribution in [1.82, 2.24) is 0 Å². The number of furan rings is 1. The number of aliphatic hydroxyl groups is 1. The SMILES string of the molecule is Cc1cc([C@H](N)C(C)(C)CO)oc1C. The normalized spacial score (nSPS) is 14.4. The standard InChI is InChI=1S/C11H19NO2/c1-7-5-9(14-8(7)2)10(12)11(3,4)6-13/h5,10,13H,6,12H2,1-4H3/t10-/m0/s1. The van der Waals surface area contributed by atoms with Gasteiger partial charge in [-0.1, -0.05) is 13.8 Å². The molecule has 0 spiro atoms. The van der Waals surface area contributed by atoms with Gasteiger partial charge in [-0.3, -0.25) is 0 Å². The number of nitrogens with two attached hydrogens (primary N) is 1. The monoisotopic (exact) mass is 197 g/mol. The van der Waals surface area contributed by atoms with E-state index in [2.05, 4.69) is 0 Å². The van der Waals surface area contributed by atoms with Crippen molar-refractivity contribution in [3.63, 3.8) is 0 Å². The summed E-state index contributed by atoms with van der Waals surface area (Å²) in [6, 6.07) is 1.68. The molecule has 1 atom stereocenters. The Morgan fingerprint density at radius 3 is 2.43 bits per heavy atom. The molecule has 0 aromatic carbocycles. The van der Waals surface area contributed by atoms with E-state index in [1.165, 1.54) is 0 Å². The van der Waals surface area contributed by atoms with Crippen LogP contribution in [0.2, 0.25) is 0 Å². The third-order valence-electron chi connectivity index (χ3n) is 2.74. The van der Waals surface area contributed by atoms with E-state index in [1.807, 2.05) is 33.8 Å². The predicted octanol–water partition coefficient (Wildman–Crippen LogP) is 1.91. The summed E-state index contributed by atoms with van der Waals surface area (Å²) in [4.78, 5) is 0. The highest BCUT2D eigenvalue weighted by molar-refractivity contribution is 5.21. The number of aryl methyl sites for hydroxylation is 2. The summed E-state index contributed by atoms with van der Waals surface area (Å²) < 4.78 is 5.53. The van der Waals surface area contributed by atoms with Gasteiger partial charge in [0.15, 0.2) is 0 Å². The first kappa shape index (κ1) is 11.3. The zero-order valence-corrected chi connectivity index (χ0v) is 9.29. The minimum atomic E-state index is -0.350. The third kappa shape index (κ3) is 1.99. The molecule has 1 rings (SSSR count). The molecule has 0 aliphatic heterocycles. The first-order valence-corrected chi connectivity index (χ1v) is 4.82. The van der Waals surface area contributed by atoms with Gasteiger partial charge in [0.2, 0.25) is 0 Å². The van der Waals surface area contributed by atoms with Crippen LogP contribution >= 0.6 is 0 Å². The Morgan fingerprint density at radius 1 is 1.50 bits per heavy atom. The number of aliphatic hydroxyl groups excluding tert-OH is 1. The molecule has 0 unspecified atom stereocenters. The van der Waals surface area contributed by atoms with E-state index < -0.39 is 0 Å². The van der Waals surface area contributed by atoms with Crippen LogP contribution in [0.4, 0.5) is 0 Å². The van der Waals surface area contributed by atoms with E-state index in [4.69, 9.17) is 10.2 Å². The maximum Gasteiger partial charge on any atom is 0.121 e. The Hall–Kier alpha value is -0.800. The Bertz CT molecular complexity index is 296.